The van der Waals surface area contributed by atoms with Crippen molar-refractivity contribution in [2.24, 2.45) is 5.92 Å². The molecule has 1 aromatic rings. The van der Waals surface area contributed by atoms with Crippen LogP contribution >= 0.6 is 11.8 Å². The van der Waals surface area contributed by atoms with E-state index in [2.05, 4.69) is 49.5 Å². The van der Waals surface area contributed by atoms with Crippen LogP contribution in [0.25, 0.3) is 0 Å². The Bertz CT molecular complexity index is 246. The quantitative estimate of drug-likeness (QED) is 0.748. The van der Waals surface area contributed by atoms with Crippen LogP contribution in [0.2, 0.25) is 0 Å². The van der Waals surface area contributed by atoms with Crippen LogP contribution < -0.4 is 5.32 Å². The van der Waals surface area contributed by atoms with Gasteiger partial charge in [0.05, 0.1) is 0 Å². The van der Waals surface area contributed by atoms with Crippen LogP contribution in [0.1, 0.15) is 13.8 Å². The third-order valence-corrected chi connectivity index (χ3v) is 3.74. The lowest BCUT2D eigenvalue weighted by Crippen LogP contribution is -2.25. The van der Waals surface area contributed by atoms with Gasteiger partial charge in [0.15, 0.2) is 0 Å². The van der Waals surface area contributed by atoms with Gasteiger partial charge in [-0.3, -0.25) is 0 Å². The molecule has 1 nitrogen and oxygen atoms in total. The fraction of sp³-hybridized carbons (Fsp3) is 0.500. The minimum Gasteiger partial charge on any atom is -0.319 e. The lowest BCUT2D eigenvalue weighted by atomic mass is 10.1. The molecule has 0 aromatic heterocycles. The Balaban J connectivity index is 2.55. The van der Waals surface area contributed by atoms with Gasteiger partial charge in [0.2, 0.25) is 0 Å². The summed E-state index contributed by atoms with van der Waals surface area (Å²) in [4.78, 5) is 1.36. The second kappa shape index (κ2) is 6.10. The average molecular weight is 209 g/mol. The van der Waals surface area contributed by atoms with Gasteiger partial charge in [-0.2, -0.15) is 0 Å². The first-order chi connectivity index (χ1) is 6.74. The van der Waals surface area contributed by atoms with Gasteiger partial charge in [0.1, 0.15) is 0 Å². The highest BCUT2D eigenvalue weighted by molar-refractivity contribution is 8.00. The molecular weight excluding hydrogens is 190 g/mol. The van der Waals surface area contributed by atoms with Crippen molar-refractivity contribution >= 4 is 11.8 Å². The molecule has 1 N–H and O–H groups in total. The zero-order valence-corrected chi connectivity index (χ0v) is 9.97. The summed E-state index contributed by atoms with van der Waals surface area (Å²) in [5.74, 6) is 0.702. The SMILES string of the molecule is CNCC(Sc1ccccc1)C(C)C. The van der Waals surface area contributed by atoms with E-state index in [1.165, 1.54) is 4.90 Å². The lowest BCUT2D eigenvalue weighted by Gasteiger charge is -2.19. The van der Waals surface area contributed by atoms with Gasteiger partial charge in [0.25, 0.3) is 0 Å². The molecule has 0 aliphatic rings. The minimum absolute atomic E-state index is 0.655. The van der Waals surface area contributed by atoms with E-state index in [1.54, 1.807) is 0 Å². The van der Waals surface area contributed by atoms with E-state index >= 15 is 0 Å². The first-order valence-corrected chi connectivity index (χ1v) is 5.98. The monoisotopic (exact) mass is 209 g/mol. The molecule has 0 aliphatic heterocycles. The highest BCUT2D eigenvalue weighted by atomic mass is 32.2. The lowest BCUT2D eigenvalue weighted by molar-refractivity contribution is 0.579. The second-order valence-electron chi connectivity index (χ2n) is 3.77. The van der Waals surface area contributed by atoms with Crippen LogP contribution in [-0.2, 0) is 0 Å². The van der Waals surface area contributed by atoms with E-state index in [4.69, 9.17) is 0 Å². The van der Waals surface area contributed by atoms with Crippen LogP contribution in [0, 0.1) is 5.92 Å². The number of hydrogen-bond donors (Lipinski definition) is 1. The van der Waals surface area contributed by atoms with Gasteiger partial charge in [0, 0.05) is 16.7 Å². The topological polar surface area (TPSA) is 12.0 Å². The predicted molar refractivity (Wildman–Crippen MR) is 64.9 cm³/mol. The minimum atomic E-state index is 0.655. The second-order valence-corrected chi connectivity index (χ2v) is 5.08. The van der Waals surface area contributed by atoms with E-state index < -0.39 is 0 Å². The van der Waals surface area contributed by atoms with Gasteiger partial charge < -0.3 is 5.32 Å². The zero-order chi connectivity index (χ0) is 10.4. The van der Waals surface area contributed by atoms with E-state index in [0.717, 1.165) is 6.54 Å². The van der Waals surface area contributed by atoms with Crippen molar-refractivity contribution in [1.82, 2.24) is 5.32 Å². The Morgan fingerprint density at radius 2 is 1.86 bits per heavy atom. The summed E-state index contributed by atoms with van der Waals surface area (Å²) < 4.78 is 0. The molecule has 2 heteroatoms. The standard InChI is InChI=1S/C12H19NS/c1-10(2)12(9-13-3)14-11-7-5-4-6-8-11/h4-8,10,12-13H,9H2,1-3H3. The maximum atomic E-state index is 3.25. The van der Waals surface area contributed by atoms with Crippen molar-refractivity contribution in [3.05, 3.63) is 30.3 Å². The largest absolute Gasteiger partial charge is 0.319 e. The van der Waals surface area contributed by atoms with Gasteiger partial charge in [-0.1, -0.05) is 32.0 Å². The first kappa shape index (κ1) is 11.6. The molecule has 0 aliphatic carbocycles. The number of rotatable bonds is 5. The van der Waals surface area contributed by atoms with Gasteiger partial charge in [-0.15, -0.1) is 11.8 Å². The first-order valence-electron chi connectivity index (χ1n) is 5.10. The van der Waals surface area contributed by atoms with Crippen molar-refractivity contribution in [1.29, 1.82) is 0 Å². The molecule has 1 aromatic carbocycles. The molecule has 0 saturated carbocycles. The number of hydrogen-bond acceptors (Lipinski definition) is 2. The summed E-state index contributed by atoms with van der Waals surface area (Å²) in [6.07, 6.45) is 0. The molecule has 78 valence electrons. The highest BCUT2D eigenvalue weighted by Gasteiger charge is 2.13. The molecule has 1 rings (SSSR count). The molecule has 0 amide bonds. The van der Waals surface area contributed by atoms with Crippen LogP contribution in [0.15, 0.2) is 35.2 Å². The molecule has 14 heavy (non-hydrogen) atoms. The third-order valence-electron chi connectivity index (χ3n) is 2.18. The zero-order valence-electron chi connectivity index (χ0n) is 9.16. The maximum absolute atomic E-state index is 3.25. The van der Waals surface area contributed by atoms with Crippen LogP contribution in [0.5, 0.6) is 0 Å². The van der Waals surface area contributed by atoms with E-state index in [1.807, 2.05) is 18.8 Å². The summed E-state index contributed by atoms with van der Waals surface area (Å²) in [5, 5.41) is 3.90. The molecule has 0 spiro atoms. The van der Waals surface area contributed by atoms with Crippen molar-refractivity contribution in [3.8, 4) is 0 Å². The summed E-state index contributed by atoms with van der Waals surface area (Å²) in [6, 6.07) is 10.6. The summed E-state index contributed by atoms with van der Waals surface area (Å²) in [6.45, 7) is 5.62. The molecule has 0 bridgehead atoms. The third kappa shape index (κ3) is 3.72. The Labute approximate surface area is 91.3 Å². The van der Waals surface area contributed by atoms with Crippen LogP contribution in [-0.4, -0.2) is 18.8 Å². The fourth-order valence-electron chi connectivity index (χ4n) is 1.29. The smallest absolute Gasteiger partial charge is 0.0242 e. The maximum Gasteiger partial charge on any atom is 0.0242 e. The van der Waals surface area contributed by atoms with E-state index in [-0.39, 0.29) is 0 Å². The Kier molecular flexibility index (Phi) is 5.05. The van der Waals surface area contributed by atoms with Crippen molar-refractivity contribution in [2.45, 2.75) is 24.0 Å². The average Bonchev–Trinajstić information content (AvgIpc) is 2.18. The molecule has 0 heterocycles. The molecule has 0 fully saturated rings. The van der Waals surface area contributed by atoms with E-state index in [9.17, 15) is 0 Å². The van der Waals surface area contributed by atoms with Crippen LogP contribution in [0.3, 0.4) is 0 Å². The van der Waals surface area contributed by atoms with Crippen molar-refractivity contribution in [2.75, 3.05) is 13.6 Å². The summed E-state index contributed by atoms with van der Waals surface area (Å²) >= 11 is 1.96. The Morgan fingerprint density at radius 1 is 1.21 bits per heavy atom. The predicted octanol–water partition coefficient (Wildman–Crippen LogP) is 3.02. The Hall–Kier alpha value is -0.470. The Morgan fingerprint density at radius 3 is 2.36 bits per heavy atom. The number of nitrogens with one attached hydrogen (secondary N) is 1. The molecular formula is C12H19NS. The van der Waals surface area contributed by atoms with Crippen LogP contribution in [0.4, 0.5) is 0 Å². The fourth-order valence-corrected chi connectivity index (χ4v) is 2.47. The summed E-state index contributed by atoms with van der Waals surface area (Å²) in [7, 11) is 2.01. The van der Waals surface area contributed by atoms with Crippen molar-refractivity contribution < 1.29 is 0 Å². The molecule has 0 saturated heterocycles. The molecule has 1 unspecified atom stereocenters. The normalized spacial score (nSPS) is 13.1. The molecule has 0 radical (unpaired) electrons. The molecule has 1 atom stereocenters. The highest BCUT2D eigenvalue weighted by Crippen LogP contribution is 2.27. The summed E-state index contributed by atoms with van der Waals surface area (Å²) in [5.41, 5.74) is 0. The van der Waals surface area contributed by atoms with Gasteiger partial charge in [-0.05, 0) is 25.1 Å². The van der Waals surface area contributed by atoms with Gasteiger partial charge in [-0.25, -0.2) is 0 Å². The number of benzene rings is 1. The number of thioether (sulfide) groups is 1. The van der Waals surface area contributed by atoms with E-state index in [0.29, 0.717) is 11.2 Å². The van der Waals surface area contributed by atoms with Gasteiger partial charge >= 0.3 is 0 Å². The van der Waals surface area contributed by atoms with Crippen molar-refractivity contribution in [3.63, 3.8) is 0 Å².